The predicted molar refractivity (Wildman–Crippen MR) is 101 cm³/mol. The summed E-state index contributed by atoms with van der Waals surface area (Å²) in [5.74, 6) is 1.13. The van der Waals surface area contributed by atoms with Crippen LogP contribution in [0.25, 0.3) is 0 Å². The van der Waals surface area contributed by atoms with Crippen molar-refractivity contribution in [1.82, 2.24) is 5.32 Å². The Hall–Kier alpha value is -2.33. The smallest absolute Gasteiger partial charge is 0.222 e. The van der Waals surface area contributed by atoms with E-state index in [1.54, 1.807) is 7.11 Å². The first kappa shape index (κ1) is 19.0. The average Bonchev–Trinajstić information content (AvgIpc) is 2.62. The summed E-state index contributed by atoms with van der Waals surface area (Å²) in [6, 6.07) is 17.4. The minimum absolute atomic E-state index is 0.0232. The topological polar surface area (TPSA) is 64.3 Å². The molecule has 0 saturated heterocycles. The Morgan fingerprint density at radius 1 is 1.08 bits per heavy atom. The third kappa shape index (κ3) is 5.61. The van der Waals surface area contributed by atoms with Gasteiger partial charge in [0.25, 0.3) is 0 Å². The van der Waals surface area contributed by atoms with Gasteiger partial charge in [0.15, 0.2) is 0 Å². The lowest BCUT2D eigenvalue weighted by Gasteiger charge is -2.24. The molecular weight excluding hydrogens is 312 g/mol. The largest absolute Gasteiger partial charge is 0.496 e. The molecule has 134 valence electrons. The van der Waals surface area contributed by atoms with Crippen molar-refractivity contribution >= 4 is 5.91 Å². The Balaban J connectivity index is 2.00. The molecule has 25 heavy (non-hydrogen) atoms. The summed E-state index contributed by atoms with van der Waals surface area (Å²) < 4.78 is 5.42. The number of rotatable bonds is 8. The van der Waals surface area contributed by atoms with Gasteiger partial charge in [-0.3, -0.25) is 4.79 Å². The second-order valence-corrected chi connectivity index (χ2v) is 6.66. The van der Waals surface area contributed by atoms with Crippen molar-refractivity contribution in [2.75, 3.05) is 7.11 Å². The second-order valence-electron chi connectivity index (χ2n) is 6.66. The van der Waals surface area contributed by atoms with E-state index in [1.807, 2.05) is 54.6 Å². The van der Waals surface area contributed by atoms with Gasteiger partial charge in [0.1, 0.15) is 5.75 Å². The predicted octanol–water partition coefficient (Wildman–Crippen LogP) is 3.47. The number of hydrogen-bond acceptors (Lipinski definition) is 3. The molecule has 2 unspecified atom stereocenters. The third-order valence-corrected chi connectivity index (χ3v) is 4.42. The van der Waals surface area contributed by atoms with Gasteiger partial charge in [0, 0.05) is 18.5 Å². The molecule has 0 aliphatic rings. The van der Waals surface area contributed by atoms with E-state index in [4.69, 9.17) is 10.5 Å². The standard InChI is InChI=1S/C21H28N2O2/c1-15(2)19(13-17-11-7-8-12-20(17)25-3)23-21(24)14-18(22)16-9-5-4-6-10-16/h4-12,15,18-19H,13-14,22H2,1-3H3,(H,23,24). The van der Waals surface area contributed by atoms with Crippen LogP contribution in [0.15, 0.2) is 54.6 Å². The highest BCUT2D eigenvalue weighted by Gasteiger charge is 2.20. The monoisotopic (exact) mass is 340 g/mol. The molecule has 0 fully saturated rings. The Morgan fingerprint density at radius 2 is 1.72 bits per heavy atom. The van der Waals surface area contributed by atoms with Gasteiger partial charge in [-0.05, 0) is 29.5 Å². The first-order valence-electron chi connectivity index (χ1n) is 8.73. The summed E-state index contributed by atoms with van der Waals surface area (Å²) in [7, 11) is 1.67. The molecule has 1 amide bonds. The molecule has 0 bridgehead atoms. The van der Waals surface area contributed by atoms with Gasteiger partial charge in [-0.15, -0.1) is 0 Å². The fourth-order valence-electron chi connectivity index (χ4n) is 2.85. The Bertz CT molecular complexity index is 671. The van der Waals surface area contributed by atoms with E-state index in [9.17, 15) is 4.79 Å². The van der Waals surface area contributed by atoms with Gasteiger partial charge in [-0.25, -0.2) is 0 Å². The van der Waals surface area contributed by atoms with E-state index in [0.29, 0.717) is 5.92 Å². The maximum atomic E-state index is 12.5. The Kier molecular flexibility index (Phi) is 7.02. The molecule has 0 aliphatic heterocycles. The zero-order valence-corrected chi connectivity index (χ0v) is 15.2. The van der Waals surface area contributed by atoms with Crippen molar-refractivity contribution in [3.05, 3.63) is 65.7 Å². The van der Waals surface area contributed by atoms with Crippen LogP contribution in [0, 0.1) is 5.92 Å². The summed E-state index contributed by atoms with van der Waals surface area (Å²) in [6.45, 7) is 4.22. The highest BCUT2D eigenvalue weighted by Crippen LogP contribution is 2.21. The average molecular weight is 340 g/mol. The summed E-state index contributed by atoms with van der Waals surface area (Å²) >= 11 is 0. The molecule has 0 heterocycles. The van der Waals surface area contributed by atoms with Crippen LogP contribution in [-0.4, -0.2) is 19.1 Å². The van der Waals surface area contributed by atoms with Gasteiger partial charge in [0.2, 0.25) is 5.91 Å². The fraction of sp³-hybridized carbons (Fsp3) is 0.381. The molecule has 0 aromatic heterocycles. The molecule has 0 aliphatic carbocycles. The van der Waals surface area contributed by atoms with Crippen LogP contribution in [-0.2, 0) is 11.2 Å². The second kappa shape index (κ2) is 9.23. The van der Waals surface area contributed by atoms with Crippen LogP contribution in [0.3, 0.4) is 0 Å². The van der Waals surface area contributed by atoms with Crippen LogP contribution in [0.2, 0.25) is 0 Å². The number of methoxy groups -OCH3 is 1. The van der Waals surface area contributed by atoms with Gasteiger partial charge in [0.05, 0.1) is 7.11 Å². The normalized spacial score (nSPS) is 13.3. The maximum absolute atomic E-state index is 12.5. The van der Waals surface area contributed by atoms with Gasteiger partial charge in [-0.1, -0.05) is 62.4 Å². The van der Waals surface area contributed by atoms with Gasteiger partial charge < -0.3 is 15.8 Å². The van der Waals surface area contributed by atoms with E-state index in [2.05, 4.69) is 19.2 Å². The summed E-state index contributed by atoms with van der Waals surface area (Å²) in [5, 5.41) is 3.14. The summed E-state index contributed by atoms with van der Waals surface area (Å²) in [4.78, 5) is 12.5. The molecule has 0 radical (unpaired) electrons. The zero-order chi connectivity index (χ0) is 18.2. The van der Waals surface area contributed by atoms with Crippen molar-refractivity contribution in [1.29, 1.82) is 0 Å². The van der Waals surface area contributed by atoms with Crippen LogP contribution in [0.5, 0.6) is 5.75 Å². The van der Waals surface area contributed by atoms with Crippen LogP contribution in [0.1, 0.15) is 37.4 Å². The van der Waals surface area contributed by atoms with E-state index in [-0.39, 0.29) is 24.4 Å². The number of benzene rings is 2. The molecular formula is C21H28N2O2. The SMILES string of the molecule is COc1ccccc1CC(NC(=O)CC(N)c1ccccc1)C(C)C. The fourth-order valence-corrected chi connectivity index (χ4v) is 2.85. The van der Waals surface area contributed by atoms with Gasteiger partial charge >= 0.3 is 0 Å². The lowest BCUT2D eigenvalue weighted by molar-refractivity contribution is -0.122. The molecule has 3 N–H and O–H groups in total. The molecule has 0 saturated carbocycles. The summed E-state index contributed by atoms with van der Waals surface area (Å²) in [6.07, 6.45) is 1.01. The highest BCUT2D eigenvalue weighted by atomic mass is 16.5. The Morgan fingerprint density at radius 3 is 2.36 bits per heavy atom. The first-order chi connectivity index (χ1) is 12.0. The van der Waals surface area contributed by atoms with Crippen molar-refractivity contribution < 1.29 is 9.53 Å². The number of carbonyl (C=O) groups excluding carboxylic acids is 1. The molecule has 2 aromatic carbocycles. The number of amides is 1. The molecule has 4 nitrogen and oxygen atoms in total. The van der Waals surface area contributed by atoms with Crippen LogP contribution >= 0.6 is 0 Å². The molecule has 2 aromatic rings. The molecule has 2 atom stereocenters. The van der Waals surface area contributed by atoms with Crippen molar-refractivity contribution in [3.8, 4) is 5.75 Å². The number of nitrogens with two attached hydrogens (primary N) is 1. The van der Waals surface area contributed by atoms with E-state index in [0.717, 1.165) is 23.3 Å². The lowest BCUT2D eigenvalue weighted by atomic mass is 9.95. The first-order valence-corrected chi connectivity index (χ1v) is 8.73. The van der Waals surface area contributed by atoms with Crippen molar-refractivity contribution in [3.63, 3.8) is 0 Å². The van der Waals surface area contributed by atoms with E-state index < -0.39 is 0 Å². The minimum Gasteiger partial charge on any atom is -0.496 e. The third-order valence-electron chi connectivity index (χ3n) is 4.42. The summed E-state index contributed by atoms with van der Waals surface area (Å²) in [5.41, 5.74) is 8.23. The zero-order valence-electron chi connectivity index (χ0n) is 15.2. The van der Waals surface area contributed by atoms with Crippen molar-refractivity contribution in [2.24, 2.45) is 11.7 Å². The number of carbonyl (C=O) groups is 1. The van der Waals surface area contributed by atoms with E-state index in [1.165, 1.54) is 0 Å². The number of hydrogen-bond donors (Lipinski definition) is 2. The quantitative estimate of drug-likeness (QED) is 0.773. The van der Waals surface area contributed by atoms with Crippen LogP contribution in [0.4, 0.5) is 0 Å². The lowest BCUT2D eigenvalue weighted by Crippen LogP contribution is -2.41. The number of nitrogens with one attached hydrogen (secondary N) is 1. The van der Waals surface area contributed by atoms with Crippen LogP contribution < -0.4 is 15.8 Å². The number of ether oxygens (including phenoxy) is 1. The minimum atomic E-state index is -0.291. The molecule has 2 rings (SSSR count). The number of para-hydroxylation sites is 1. The van der Waals surface area contributed by atoms with Gasteiger partial charge in [-0.2, -0.15) is 0 Å². The molecule has 4 heteroatoms. The highest BCUT2D eigenvalue weighted by molar-refractivity contribution is 5.77. The van der Waals surface area contributed by atoms with Crippen molar-refractivity contribution in [2.45, 2.75) is 38.8 Å². The maximum Gasteiger partial charge on any atom is 0.222 e. The molecule has 0 spiro atoms. The van der Waals surface area contributed by atoms with E-state index >= 15 is 0 Å². The Labute approximate surface area is 150 Å².